The van der Waals surface area contributed by atoms with Gasteiger partial charge in [0.2, 0.25) is 0 Å². The molecule has 41 heavy (non-hydrogen) atoms. The number of hydrogen-bond acceptors (Lipinski definition) is 5. The van der Waals surface area contributed by atoms with Crippen LogP contribution in [0.2, 0.25) is 36.3 Å². The van der Waals surface area contributed by atoms with Crippen molar-refractivity contribution in [3.63, 3.8) is 0 Å². The summed E-state index contributed by atoms with van der Waals surface area (Å²) in [6.07, 6.45) is 2.65. The van der Waals surface area contributed by atoms with E-state index in [1.807, 2.05) is 24.3 Å². The molecule has 7 heteroatoms. The molecule has 1 aromatic carbocycles. The zero-order valence-corrected chi connectivity index (χ0v) is 30.5. The topological polar surface area (TPSA) is 54.0 Å². The first-order chi connectivity index (χ1) is 18.6. The molecule has 1 aliphatic carbocycles. The van der Waals surface area contributed by atoms with Gasteiger partial charge < -0.3 is 18.3 Å². The highest BCUT2D eigenvalue weighted by molar-refractivity contribution is 6.74. The molecule has 1 aliphatic rings. The van der Waals surface area contributed by atoms with Crippen LogP contribution in [0.5, 0.6) is 5.75 Å². The van der Waals surface area contributed by atoms with E-state index in [0.717, 1.165) is 16.9 Å². The van der Waals surface area contributed by atoms with E-state index >= 15 is 0 Å². The monoisotopic (exact) mass is 602 g/mol. The molecule has 0 heterocycles. The Kier molecular flexibility index (Phi) is 11.3. The van der Waals surface area contributed by atoms with Gasteiger partial charge in [0.1, 0.15) is 11.4 Å². The highest BCUT2D eigenvalue weighted by Crippen LogP contribution is 2.50. The Morgan fingerprint density at radius 2 is 1.54 bits per heavy atom. The van der Waals surface area contributed by atoms with Gasteiger partial charge in [-0.25, -0.2) is 0 Å². The van der Waals surface area contributed by atoms with E-state index in [2.05, 4.69) is 94.2 Å². The third kappa shape index (κ3) is 8.32. The van der Waals surface area contributed by atoms with Gasteiger partial charge in [-0.1, -0.05) is 78.8 Å². The minimum absolute atomic E-state index is 0.0367. The standard InChI is InChI=1S/C34H58O5Si2/c1-24(2)31(35)34(37-23-27-16-18-28(36-11)19-17-27)21-26(4)30(39-41(14,15)33(8,9)10)29(34)20-25(3)22-38-40(12,13)32(5,6)7/h16-20,26,29-30H,1,21-23H2,2-15H3/b25-20+/t26-,29-,30+,34+/m0/s1. The van der Waals surface area contributed by atoms with Gasteiger partial charge >= 0.3 is 0 Å². The number of carbonyl (C=O) groups excluding carboxylic acids is 1. The number of benzene rings is 1. The predicted molar refractivity (Wildman–Crippen MR) is 177 cm³/mol. The lowest BCUT2D eigenvalue weighted by Gasteiger charge is -2.42. The molecular formula is C34H58O5Si2. The number of ether oxygens (including phenoxy) is 2. The largest absolute Gasteiger partial charge is 0.497 e. The maximum Gasteiger partial charge on any atom is 0.192 e. The molecule has 1 fully saturated rings. The van der Waals surface area contributed by atoms with Crippen molar-refractivity contribution in [2.24, 2.45) is 11.8 Å². The number of methoxy groups -OCH3 is 1. The van der Waals surface area contributed by atoms with Crippen LogP contribution >= 0.6 is 0 Å². The summed E-state index contributed by atoms with van der Waals surface area (Å²) in [5, 5.41) is 0.152. The molecule has 5 nitrogen and oxygen atoms in total. The van der Waals surface area contributed by atoms with Crippen LogP contribution < -0.4 is 4.74 Å². The molecule has 4 atom stereocenters. The third-order valence-corrected chi connectivity index (χ3v) is 18.6. The molecular weight excluding hydrogens is 545 g/mol. The highest BCUT2D eigenvalue weighted by atomic mass is 28.4. The Hall–Kier alpha value is -1.52. The zero-order valence-electron chi connectivity index (χ0n) is 28.5. The Bertz CT molecular complexity index is 1090. The summed E-state index contributed by atoms with van der Waals surface area (Å²) in [6, 6.07) is 7.82. The van der Waals surface area contributed by atoms with Gasteiger partial charge in [-0.15, -0.1) is 0 Å². The third-order valence-electron chi connectivity index (χ3n) is 9.67. The molecule has 0 aliphatic heterocycles. The van der Waals surface area contributed by atoms with Crippen LogP contribution in [0.3, 0.4) is 0 Å². The van der Waals surface area contributed by atoms with Gasteiger partial charge in [-0.3, -0.25) is 4.79 Å². The normalized spacial score (nSPS) is 24.4. The van der Waals surface area contributed by atoms with E-state index in [-0.39, 0.29) is 33.8 Å². The summed E-state index contributed by atoms with van der Waals surface area (Å²) in [7, 11) is -2.45. The lowest BCUT2D eigenvalue weighted by Crippen LogP contribution is -2.51. The van der Waals surface area contributed by atoms with Gasteiger partial charge in [0.05, 0.1) is 26.4 Å². The molecule has 2 rings (SSSR count). The fourth-order valence-electron chi connectivity index (χ4n) is 4.91. The van der Waals surface area contributed by atoms with E-state index in [0.29, 0.717) is 25.2 Å². The maximum atomic E-state index is 14.1. The first-order valence-electron chi connectivity index (χ1n) is 15.0. The molecule has 0 N–H and O–H groups in total. The Morgan fingerprint density at radius 3 is 2.00 bits per heavy atom. The minimum atomic E-state index is -2.16. The Labute approximate surface area is 253 Å². The fourth-order valence-corrected chi connectivity index (χ4v) is 7.35. The SMILES string of the molecule is C=C(C)C(=O)[C@@]1(OCc2ccc(OC)cc2)C[C@H](C)[C@@H](O[Si](C)(C)C(C)(C)C)[C@@H]1/C=C(\C)CO[Si](C)(C)C(C)(C)C. The molecule has 1 saturated carbocycles. The molecule has 0 radical (unpaired) electrons. The molecule has 0 amide bonds. The first kappa shape index (κ1) is 35.7. The van der Waals surface area contributed by atoms with Crippen LogP contribution in [0.25, 0.3) is 0 Å². The summed E-state index contributed by atoms with van der Waals surface area (Å²) in [5.41, 5.74) is 1.52. The summed E-state index contributed by atoms with van der Waals surface area (Å²) in [4.78, 5) is 14.1. The maximum absolute atomic E-state index is 14.1. The van der Waals surface area contributed by atoms with Crippen molar-refractivity contribution in [3.8, 4) is 5.75 Å². The van der Waals surface area contributed by atoms with E-state index in [1.54, 1.807) is 14.0 Å². The minimum Gasteiger partial charge on any atom is -0.497 e. The molecule has 0 bridgehead atoms. The summed E-state index contributed by atoms with van der Waals surface area (Å²) >= 11 is 0. The van der Waals surface area contributed by atoms with E-state index in [9.17, 15) is 4.79 Å². The molecule has 1 aromatic rings. The van der Waals surface area contributed by atoms with Crippen LogP contribution in [0.1, 0.15) is 74.3 Å². The quantitative estimate of drug-likeness (QED) is 0.136. The predicted octanol–water partition coefficient (Wildman–Crippen LogP) is 9.11. The van der Waals surface area contributed by atoms with Gasteiger partial charge in [-0.2, -0.15) is 0 Å². The Balaban J connectivity index is 2.59. The summed E-state index contributed by atoms with van der Waals surface area (Å²) in [6.45, 7) is 33.7. The second kappa shape index (κ2) is 13.0. The van der Waals surface area contributed by atoms with E-state index in [4.69, 9.17) is 18.3 Å². The van der Waals surface area contributed by atoms with E-state index in [1.165, 1.54) is 0 Å². The lowest BCUT2D eigenvalue weighted by molar-refractivity contribution is -0.148. The van der Waals surface area contributed by atoms with Crippen molar-refractivity contribution in [1.29, 1.82) is 0 Å². The van der Waals surface area contributed by atoms with Gasteiger partial charge in [-0.05, 0) is 85.7 Å². The van der Waals surface area contributed by atoms with Gasteiger partial charge in [0.15, 0.2) is 22.4 Å². The lowest BCUT2D eigenvalue weighted by atomic mass is 9.82. The average molecular weight is 603 g/mol. The number of hydrogen-bond donors (Lipinski definition) is 0. The molecule has 0 unspecified atom stereocenters. The first-order valence-corrected chi connectivity index (χ1v) is 20.9. The molecule has 0 saturated heterocycles. The van der Waals surface area contributed by atoms with Crippen molar-refractivity contribution in [1.82, 2.24) is 0 Å². The summed E-state index contributed by atoms with van der Waals surface area (Å²) in [5.74, 6) is 0.603. The number of rotatable bonds is 12. The van der Waals surface area contributed by atoms with Gasteiger partial charge in [0.25, 0.3) is 0 Å². The molecule has 0 aromatic heterocycles. The van der Waals surface area contributed by atoms with Crippen molar-refractivity contribution >= 4 is 22.4 Å². The highest BCUT2D eigenvalue weighted by Gasteiger charge is 2.59. The van der Waals surface area contributed by atoms with Crippen molar-refractivity contribution in [2.45, 2.75) is 123 Å². The molecule has 0 spiro atoms. The van der Waals surface area contributed by atoms with E-state index < -0.39 is 22.2 Å². The van der Waals surface area contributed by atoms with Crippen LogP contribution in [0, 0.1) is 11.8 Å². The Morgan fingerprint density at radius 1 is 1.00 bits per heavy atom. The second-order valence-electron chi connectivity index (χ2n) is 15.2. The number of ketones is 1. The van der Waals surface area contributed by atoms with Crippen molar-refractivity contribution in [2.75, 3.05) is 13.7 Å². The van der Waals surface area contributed by atoms with Gasteiger partial charge in [0, 0.05) is 5.92 Å². The van der Waals surface area contributed by atoms with Crippen molar-refractivity contribution in [3.05, 3.63) is 53.6 Å². The molecule has 232 valence electrons. The smallest absolute Gasteiger partial charge is 0.192 e. The summed E-state index contributed by atoms with van der Waals surface area (Å²) < 4.78 is 25.9. The average Bonchev–Trinajstić information content (AvgIpc) is 3.10. The van der Waals surface area contributed by atoms with Crippen molar-refractivity contribution < 1.29 is 23.1 Å². The fraction of sp³-hybridized carbons (Fsp3) is 0.676. The zero-order chi connectivity index (χ0) is 31.6. The van der Waals surface area contributed by atoms with Crippen LogP contribution in [0.15, 0.2) is 48.1 Å². The van der Waals surface area contributed by atoms with Crippen LogP contribution in [-0.4, -0.2) is 47.8 Å². The van der Waals surface area contributed by atoms with Crippen LogP contribution in [0.4, 0.5) is 0 Å². The number of carbonyl (C=O) groups is 1. The number of Topliss-reactive ketones (excluding diaryl/α,β-unsaturated/α-hetero) is 1. The second-order valence-corrected chi connectivity index (χ2v) is 24.8. The van der Waals surface area contributed by atoms with Crippen LogP contribution in [-0.2, 0) is 25.0 Å².